The number of amides is 1. The van der Waals surface area contributed by atoms with Crippen LogP contribution in [0.3, 0.4) is 0 Å². The molecule has 29 heavy (non-hydrogen) atoms. The zero-order valence-electron chi connectivity index (χ0n) is 14.9. The Balaban J connectivity index is 1.86. The van der Waals surface area contributed by atoms with E-state index in [1.54, 1.807) is 18.2 Å². The third kappa shape index (κ3) is 3.16. The first-order valence-electron chi connectivity index (χ1n) is 8.66. The molecule has 2 aromatic carbocycles. The minimum atomic E-state index is -1.28. The zero-order valence-corrected chi connectivity index (χ0v) is 14.9. The van der Waals surface area contributed by atoms with E-state index in [0.717, 1.165) is 23.9 Å². The highest BCUT2D eigenvalue weighted by atomic mass is 19.1. The van der Waals surface area contributed by atoms with Crippen molar-refractivity contribution in [3.63, 3.8) is 0 Å². The zero-order chi connectivity index (χ0) is 20.7. The van der Waals surface area contributed by atoms with Crippen LogP contribution in [0.4, 0.5) is 20.3 Å². The molecule has 1 aromatic heterocycles. The van der Waals surface area contributed by atoms with Crippen molar-refractivity contribution in [2.45, 2.75) is 6.42 Å². The Morgan fingerprint density at radius 3 is 2.66 bits per heavy atom. The van der Waals surface area contributed by atoms with E-state index < -0.39 is 27.8 Å². The van der Waals surface area contributed by atoms with Crippen molar-refractivity contribution in [2.24, 2.45) is 0 Å². The molecule has 9 heteroatoms. The normalized spacial score (nSPS) is 13.0. The van der Waals surface area contributed by atoms with E-state index in [4.69, 9.17) is 5.73 Å². The SMILES string of the molecule is Nc1ncc(-c2c(F)ccc([N+](=O)[O-])c2F)cc1-c1ccc2c(c1)CCNC2=O. The van der Waals surface area contributed by atoms with Crippen LogP contribution < -0.4 is 11.1 Å². The number of nitrogen functional groups attached to an aromatic ring is 1. The van der Waals surface area contributed by atoms with Crippen LogP contribution in [-0.2, 0) is 6.42 Å². The molecule has 0 aliphatic carbocycles. The lowest BCUT2D eigenvalue weighted by atomic mass is 9.94. The molecule has 3 aromatic rings. The van der Waals surface area contributed by atoms with Crippen LogP contribution in [0, 0.1) is 21.7 Å². The number of nitro groups is 1. The fourth-order valence-corrected chi connectivity index (χ4v) is 3.39. The van der Waals surface area contributed by atoms with E-state index in [0.29, 0.717) is 29.7 Å². The van der Waals surface area contributed by atoms with Gasteiger partial charge in [0, 0.05) is 35.5 Å². The second kappa shape index (κ2) is 6.93. The number of halogens is 2. The van der Waals surface area contributed by atoms with Gasteiger partial charge in [0.1, 0.15) is 11.6 Å². The third-order valence-electron chi connectivity index (χ3n) is 4.82. The number of fused-ring (bicyclic) bond motifs is 1. The fraction of sp³-hybridized carbons (Fsp3) is 0.100. The quantitative estimate of drug-likeness (QED) is 0.520. The number of carbonyl (C=O) groups is 1. The van der Waals surface area contributed by atoms with E-state index in [9.17, 15) is 23.7 Å². The summed E-state index contributed by atoms with van der Waals surface area (Å²) in [5, 5.41) is 13.7. The summed E-state index contributed by atoms with van der Waals surface area (Å²) >= 11 is 0. The molecule has 7 nitrogen and oxygen atoms in total. The molecule has 0 saturated heterocycles. The van der Waals surface area contributed by atoms with Gasteiger partial charge in [0.25, 0.3) is 5.91 Å². The Morgan fingerprint density at radius 2 is 1.90 bits per heavy atom. The molecule has 0 fully saturated rings. The number of carbonyl (C=O) groups excluding carboxylic acids is 1. The number of nitrogens with two attached hydrogens (primary N) is 1. The number of pyridine rings is 1. The Morgan fingerprint density at radius 1 is 1.10 bits per heavy atom. The topological polar surface area (TPSA) is 111 Å². The van der Waals surface area contributed by atoms with Gasteiger partial charge in [0.2, 0.25) is 5.82 Å². The van der Waals surface area contributed by atoms with Gasteiger partial charge in [0.05, 0.1) is 10.5 Å². The van der Waals surface area contributed by atoms with E-state index in [1.807, 2.05) is 0 Å². The molecule has 4 rings (SSSR count). The van der Waals surface area contributed by atoms with E-state index in [1.165, 1.54) is 6.07 Å². The molecule has 0 saturated carbocycles. The van der Waals surface area contributed by atoms with Crippen LogP contribution in [0.1, 0.15) is 15.9 Å². The predicted octanol–water partition coefficient (Wildman–Crippen LogP) is 3.47. The number of aromatic nitrogens is 1. The molecule has 0 spiro atoms. The second-order valence-corrected chi connectivity index (χ2v) is 6.55. The van der Waals surface area contributed by atoms with E-state index >= 15 is 0 Å². The average molecular weight is 396 g/mol. The van der Waals surface area contributed by atoms with Crippen LogP contribution in [0.25, 0.3) is 22.3 Å². The summed E-state index contributed by atoms with van der Waals surface area (Å²) in [6.45, 7) is 0.507. The smallest absolute Gasteiger partial charge is 0.305 e. The van der Waals surface area contributed by atoms with Crippen LogP contribution in [-0.4, -0.2) is 22.4 Å². The highest BCUT2D eigenvalue weighted by Gasteiger charge is 2.24. The molecular weight excluding hydrogens is 382 g/mol. The van der Waals surface area contributed by atoms with Crippen molar-refractivity contribution in [2.75, 3.05) is 12.3 Å². The number of hydrogen-bond acceptors (Lipinski definition) is 5. The van der Waals surface area contributed by atoms with Gasteiger partial charge in [-0.2, -0.15) is 4.39 Å². The van der Waals surface area contributed by atoms with Gasteiger partial charge in [-0.05, 0) is 35.7 Å². The van der Waals surface area contributed by atoms with Gasteiger partial charge in [-0.25, -0.2) is 9.37 Å². The predicted molar refractivity (Wildman–Crippen MR) is 102 cm³/mol. The van der Waals surface area contributed by atoms with Crippen molar-refractivity contribution >= 4 is 17.4 Å². The fourth-order valence-electron chi connectivity index (χ4n) is 3.39. The molecule has 1 aliphatic rings. The van der Waals surface area contributed by atoms with Crippen molar-refractivity contribution in [1.82, 2.24) is 10.3 Å². The van der Waals surface area contributed by atoms with E-state index in [-0.39, 0.29) is 17.3 Å². The minimum absolute atomic E-state index is 0.0170. The monoisotopic (exact) mass is 396 g/mol. The molecule has 0 bridgehead atoms. The molecule has 0 atom stereocenters. The van der Waals surface area contributed by atoms with Gasteiger partial charge in [-0.15, -0.1) is 0 Å². The van der Waals surface area contributed by atoms with Crippen molar-refractivity contribution in [1.29, 1.82) is 0 Å². The summed E-state index contributed by atoms with van der Waals surface area (Å²) in [4.78, 5) is 26.0. The Bertz CT molecular complexity index is 1180. The number of benzene rings is 2. The Labute approximate surface area is 163 Å². The van der Waals surface area contributed by atoms with Crippen molar-refractivity contribution in [3.8, 4) is 22.3 Å². The lowest BCUT2D eigenvalue weighted by Crippen LogP contribution is -2.31. The highest BCUT2D eigenvalue weighted by Crippen LogP contribution is 2.35. The first-order valence-corrected chi connectivity index (χ1v) is 8.66. The average Bonchev–Trinajstić information content (AvgIpc) is 2.69. The second-order valence-electron chi connectivity index (χ2n) is 6.55. The summed E-state index contributed by atoms with van der Waals surface area (Å²) in [6.07, 6.45) is 1.80. The van der Waals surface area contributed by atoms with E-state index in [2.05, 4.69) is 10.3 Å². The van der Waals surface area contributed by atoms with Gasteiger partial charge < -0.3 is 11.1 Å². The number of hydrogen-bond donors (Lipinski definition) is 2. The van der Waals surface area contributed by atoms with Gasteiger partial charge in [-0.1, -0.05) is 12.1 Å². The maximum absolute atomic E-state index is 14.6. The van der Waals surface area contributed by atoms with Crippen molar-refractivity contribution in [3.05, 3.63) is 75.5 Å². The minimum Gasteiger partial charge on any atom is -0.383 e. The third-order valence-corrected chi connectivity index (χ3v) is 4.82. The molecule has 0 unspecified atom stereocenters. The van der Waals surface area contributed by atoms with Gasteiger partial charge >= 0.3 is 5.69 Å². The van der Waals surface area contributed by atoms with Gasteiger partial charge in [-0.3, -0.25) is 14.9 Å². The molecular formula is C20H14F2N4O3. The molecule has 2 heterocycles. The number of nitrogens with zero attached hydrogens (tertiary/aromatic N) is 2. The Hall–Kier alpha value is -3.88. The molecule has 3 N–H and O–H groups in total. The molecule has 1 aliphatic heterocycles. The standard InChI is InChI=1S/C20H14F2N4O3/c21-15-3-4-16(26(28)29)18(22)17(15)12-8-14(19(23)25-9-12)10-1-2-13-11(7-10)5-6-24-20(13)27/h1-4,7-9H,5-6H2,(H2,23,25)(H,24,27). The van der Waals surface area contributed by atoms with Crippen molar-refractivity contribution < 1.29 is 18.5 Å². The summed E-state index contributed by atoms with van der Waals surface area (Å²) in [5.41, 5.74) is 7.01. The summed E-state index contributed by atoms with van der Waals surface area (Å²) < 4.78 is 28.9. The molecule has 0 radical (unpaired) electrons. The summed E-state index contributed by atoms with van der Waals surface area (Å²) in [6, 6.07) is 8.14. The van der Waals surface area contributed by atoms with Crippen LogP contribution in [0.2, 0.25) is 0 Å². The number of anilines is 1. The number of rotatable bonds is 3. The van der Waals surface area contributed by atoms with Crippen LogP contribution in [0.15, 0.2) is 42.6 Å². The summed E-state index contributed by atoms with van der Waals surface area (Å²) in [5.74, 6) is -2.28. The molecule has 1 amide bonds. The van der Waals surface area contributed by atoms with Crippen LogP contribution >= 0.6 is 0 Å². The molecule has 146 valence electrons. The maximum Gasteiger partial charge on any atom is 0.305 e. The van der Waals surface area contributed by atoms with Gasteiger partial charge in [0.15, 0.2) is 0 Å². The maximum atomic E-state index is 14.6. The first-order chi connectivity index (χ1) is 13.9. The van der Waals surface area contributed by atoms with Crippen LogP contribution in [0.5, 0.6) is 0 Å². The largest absolute Gasteiger partial charge is 0.383 e. The Kier molecular flexibility index (Phi) is 4.42. The summed E-state index contributed by atoms with van der Waals surface area (Å²) in [7, 11) is 0. The lowest BCUT2D eigenvalue weighted by molar-refractivity contribution is -0.387. The lowest BCUT2D eigenvalue weighted by Gasteiger charge is -2.18. The highest BCUT2D eigenvalue weighted by molar-refractivity contribution is 5.97. The first kappa shape index (κ1) is 18.5. The number of nitro benzene ring substituents is 1. The number of nitrogens with one attached hydrogen (secondary N) is 1.